The highest BCUT2D eigenvalue weighted by atomic mass is 19.1. The predicted molar refractivity (Wildman–Crippen MR) is 69.4 cm³/mol. The first-order valence-corrected chi connectivity index (χ1v) is 6.23. The molecule has 19 heavy (non-hydrogen) atoms. The van der Waals surface area contributed by atoms with E-state index in [1.165, 1.54) is 6.07 Å². The van der Waals surface area contributed by atoms with Crippen molar-refractivity contribution in [2.75, 3.05) is 6.54 Å². The van der Waals surface area contributed by atoms with E-state index in [1.54, 1.807) is 19.1 Å². The highest BCUT2D eigenvalue weighted by Crippen LogP contribution is 2.17. The Morgan fingerprint density at radius 2 is 2.21 bits per heavy atom. The van der Waals surface area contributed by atoms with E-state index in [2.05, 4.69) is 10.5 Å². The molecule has 0 aliphatic heterocycles. The van der Waals surface area contributed by atoms with Crippen molar-refractivity contribution in [3.05, 3.63) is 47.1 Å². The van der Waals surface area contributed by atoms with E-state index in [9.17, 15) is 4.39 Å². The van der Waals surface area contributed by atoms with E-state index in [0.717, 1.165) is 12.2 Å². The van der Waals surface area contributed by atoms with Gasteiger partial charge in [-0.1, -0.05) is 12.1 Å². The van der Waals surface area contributed by atoms with Gasteiger partial charge in [0.15, 0.2) is 5.76 Å². The minimum absolute atomic E-state index is 0.236. The first-order valence-electron chi connectivity index (χ1n) is 6.23. The van der Waals surface area contributed by atoms with Crippen LogP contribution in [0.1, 0.15) is 23.9 Å². The summed E-state index contributed by atoms with van der Waals surface area (Å²) >= 11 is 0. The van der Waals surface area contributed by atoms with Gasteiger partial charge in [0, 0.05) is 12.6 Å². The van der Waals surface area contributed by atoms with Gasteiger partial charge in [0.2, 0.25) is 0 Å². The molecule has 4 nitrogen and oxygen atoms in total. The predicted octanol–water partition coefficient (Wildman–Crippen LogP) is 2.81. The molecule has 0 saturated heterocycles. The van der Waals surface area contributed by atoms with Gasteiger partial charge in [-0.3, -0.25) is 0 Å². The molecule has 2 aromatic rings. The summed E-state index contributed by atoms with van der Waals surface area (Å²) in [6.45, 7) is 5.57. The second kappa shape index (κ2) is 6.33. The van der Waals surface area contributed by atoms with Gasteiger partial charge in [0.25, 0.3) is 0 Å². The zero-order valence-corrected chi connectivity index (χ0v) is 11.1. The number of rotatable bonds is 6. The van der Waals surface area contributed by atoms with Crippen LogP contribution in [-0.4, -0.2) is 11.7 Å². The molecule has 1 aromatic heterocycles. The van der Waals surface area contributed by atoms with Crippen molar-refractivity contribution in [1.29, 1.82) is 0 Å². The lowest BCUT2D eigenvalue weighted by atomic mass is 10.2. The van der Waals surface area contributed by atoms with Crippen LogP contribution in [0.25, 0.3) is 0 Å². The number of hydrogen-bond donors (Lipinski definition) is 1. The topological polar surface area (TPSA) is 47.3 Å². The summed E-state index contributed by atoms with van der Waals surface area (Å²) < 4.78 is 23.8. The molecule has 5 heteroatoms. The summed E-state index contributed by atoms with van der Waals surface area (Å²) in [6.07, 6.45) is 0. The molecule has 0 aliphatic carbocycles. The lowest BCUT2D eigenvalue weighted by molar-refractivity contribution is 0.248. The number of halogens is 1. The first kappa shape index (κ1) is 13.5. The van der Waals surface area contributed by atoms with Crippen LogP contribution in [0.3, 0.4) is 0 Å². The van der Waals surface area contributed by atoms with Crippen molar-refractivity contribution in [2.24, 2.45) is 0 Å². The molecular weight excluding hydrogens is 247 g/mol. The average molecular weight is 264 g/mol. The van der Waals surface area contributed by atoms with Gasteiger partial charge >= 0.3 is 0 Å². The number of benzene rings is 1. The van der Waals surface area contributed by atoms with Crippen LogP contribution in [0.5, 0.6) is 5.75 Å². The van der Waals surface area contributed by atoms with Crippen molar-refractivity contribution < 1.29 is 13.7 Å². The van der Waals surface area contributed by atoms with Crippen molar-refractivity contribution in [3.63, 3.8) is 0 Å². The molecule has 0 saturated carbocycles. The summed E-state index contributed by atoms with van der Waals surface area (Å²) in [5.41, 5.74) is 1.40. The highest BCUT2D eigenvalue weighted by Gasteiger charge is 2.05. The van der Waals surface area contributed by atoms with E-state index >= 15 is 0 Å². The standard InChI is InChI=1S/C14H17FN2O2/c1-3-16-8-11-7-13(19-17-11)9-18-12-4-5-14(15)10(2)6-12/h4-7,16H,3,8-9H2,1-2H3. The molecule has 0 spiro atoms. The summed E-state index contributed by atoms with van der Waals surface area (Å²) in [4.78, 5) is 0. The number of ether oxygens (including phenoxy) is 1. The van der Waals surface area contributed by atoms with E-state index in [4.69, 9.17) is 9.26 Å². The van der Waals surface area contributed by atoms with Gasteiger partial charge in [-0.2, -0.15) is 0 Å². The van der Waals surface area contributed by atoms with E-state index in [1.807, 2.05) is 13.0 Å². The summed E-state index contributed by atoms with van der Waals surface area (Å²) in [5, 5.41) is 7.08. The summed E-state index contributed by atoms with van der Waals surface area (Å²) in [7, 11) is 0. The van der Waals surface area contributed by atoms with E-state index in [-0.39, 0.29) is 12.4 Å². The highest BCUT2D eigenvalue weighted by molar-refractivity contribution is 5.28. The van der Waals surface area contributed by atoms with Crippen molar-refractivity contribution >= 4 is 0 Å². The molecule has 0 aliphatic rings. The Labute approximate surface area is 111 Å². The van der Waals surface area contributed by atoms with Gasteiger partial charge in [-0.05, 0) is 37.2 Å². The lowest BCUT2D eigenvalue weighted by Crippen LogP contribution is -2.11. The Balaban J connectivity index is 1.91. The smallest absolute Gasteiger partial charge is 0.174 e. The maximum absolute atomic E-state index is 13.1. The molecule has 1 heterocycles. The molecule has 0 radical (unpaired) electrons. The Morgan fingerprint density at radius 3 is 2.95 bits per heavy atom. The molecule has 0 atom stereocenters. The largest absolute Gasteiger partial charge is 0.486 e. The van der Waals surface area contributed by atoms with E-state index < -0.39 is 0 Å². The molecule has 0 bridgehead atoms. The second-order valence-corrected chi connectivity index (χ2v) is 4.26. The van der Waals surface area contributed by atoms with E-state index in [0.29, 0.717) is 23.6 Å². The number of hydrogen-bond acceptors (Lipinski definition) is 4. The van der Waals surface area contributed by atoms with Crippen LogP contribution in [0.2, 0.25) is 0 Å². The second-order valence-electron chi connectivity index (χ2n) is 4.26. The molecule has 0 fully saturated rings. The number of aromatic nitrogens is 1. The molecule has 1 aromatic carbocycles. The normalized spacial score (nSPS) is 10.7. The van der Waals surface area contributed by atoms with Crippen LogP contribution in [0, 0.1) is 12.7 Å². The fraction of sp³-hybridized carbons (Fsp3) is 0.357. The van der Waals surface area contributed by atoms with Crippen LogP contribution in [0.4, 0.5) is 4.39 Å². The Bertz CT molecular complexity index is 540. The summed E-state index contributed by atoms with van der Waals surface area (Å²) in [5.74, 6) is 1.03. The Hall–Kier alpha value is -1.88. The third-order valence-electron chi connectivity index (χ3n) is 2.67. The lowest BCUT2D eigenvalue weighted by Gasteiger charge is -2.04. The van der Waals surface area contributed by atoms with Crippen LogP contribution >= 0.6 is 0 Å². The third-order valence-corrected chi connectivity index (χ3v) is 2.67. The van der Waals surface area contributed by atoms with Crippen LogP contribution in [-0.2, 0) is 13.2 Å². The van der Waals surface area contributed by atoms with Gasteiger partial charge < -0.3 is 14.6 Å². The molecular formula is C14H17FN2O2. The van der Waals surface area contributed by atoms with Gasteiger partial charge in [-0.25, -0.2) is 4.39 Å². The minimum Gasteiger partial charge on any atom is -0.486 e. The average Bonchev–Trinajstić information content (AvgIpc) is 2.86. The number of nitrogens with zero attached hydrogens (tertiary/aromatic N) is 1. The molecule has 0 amide bonds. The van der Waals surface area contributed by atoms with Crippen molar-refractivity contribution in [3.8, 4) is 5.75 Å². The minimum atomic E-state index is -0.236. The molecule has 2 rings (SSSR count). The molecule has 0 unspecified atom stereocenters. The zero-order valence-electron chi connectivity index (χ0n) is 11.1. The third kappa shape index (κ3) is 3.79. The summed E-state index contributed by atoms with van der Waals surface area (Å²) in [6, 6.07) is 6.49. The van der Waals surface area contributed by atoms with Gasteiger partial charge in [-0.15, -0.1) is 0 Å². The van der Waals surface area contributed by atoms with Crippen molar-refractivity contribution in [2.45, 2.75) is 27.0 Å². The zero-order chi connectivity index (χ0) is 13.7. The fourth-order valence-electron chi connectivity index (χ4n) is 1.62. The Kier molecular flexibility index (Phi) is 4.52. The van der Waals surface area contributed by atoms with Crippen LogP contribution < -0.4 is 10.1 Å². The maximum atomic E-state index is 13.1. The first-order chi connectivity index (χ1) is 9.19. The fourth-order valence-corrected chi connectivity index (χ4v) is 1.62. The number of nitrogens with one attached hydrogen (secondary N) is 1. The molecule has 102 valence electrons. The van der Waals surface area contributed by atoms with Gasteiger partial charge in [0.1, 0.15) is 18.2 Å². The van der Waals surface area contributed by atoms with Crippen molar-refractivity contribution in [1.82, 2.24) is 10.5 Å². The maximum Gasteiger partial charge on any atom is 0.174 e. The monoisotopic (exact) mass is 264 g/mol. The quantitative estimate of drug-likeness (QED) is 0.871. The SMILES string of the molecule is CCNCc1cc(COc2ccc(F)c(C)c2)on1. The number of aryl methyl sites for hydroxylation is 1. The molecule has 1 N–H and O–H groups in total. The van der Waals surface area contributed by atoms with Crippen LogP contribution in [0.15, 0.2) is 28.8 Å². The van der Waals surface area contributed by atoms with Gasteiger partial charge in [0.05, 0.1) is 5.69 Å². The Morgan fingerprint density at radius 1 is 1.37 bits per heavy atom.